The molecule has 7 rings (SSSR count). The van der Waals surface area contributed by atoms with Gasteiger partial charge in [-0.1, -0.05) is 44.2 Å². The van der Waals surface area contributed by atoms with Crippen LogP contribution in [0.5, 0.6) is 0 Å². The van der Waals surface area contributed by atoms with Gasteiger partial charge in [0.15, 0.2) is 0 Å². The van der Waals surface area contributed by atoms with Gasteiger partial charge in [0.1, 0.15) is 17.7 Å². The molecule has 4 N–H and O–H groups in total. The van der Waals surface area contributed by atoms with Crippen molar-refractivity contribution in [2.75, 3.05) is 20.2 Å². The minimum Gasteiger partial charge on any atom is -0.453 e. The van der Waals surface area contributed by atoms with Crippen molar-refractivity contribution < 1.29 is 14.3 Å². The van der Waals surface area contributed by atoms with Crippen LogP contribution in [0.2, 0.25) is 0 Å². The zero-order chi connectivity index (χ0) is 31.1. The van der Waals surface area contributed by atoms with Gasteiger partial charge in [-0.15, -0.1) is 0 Å². The van der Waals surface area contributed by atoms with E-state index in [1.165, 1.54) is 24.3 Å². The van der Waals surface area contributed by atoms with Crippen molar-refractivity contribution in [1.29, 1.82) is 0 Å². The first-order chi connectivity index (χ1) is 21.9. The van der Waals surface area contributed by atoms with Crippen molar-refractivity contribution >= 4 is 33.8 Å². The fourth-order valence-electron chi connectivity index (χ4n) is 6.73. The van der Waals surface area contributed by atoms with E-state index < -0.39 is 12.1 Å². The Morgan fingerprint density at radius 2 is 1.69 bits per heavy atom. The van der Waals surface area contributed by atoms with Crippen molar-refractivity contribution in [2.24, 2.45) is 5.92 Å². The average Bonchev–Trinajstić information content (AvgIpc) is 3.88. The van der Waals surface area contributed by atoms with Gasteiger partial charge in [0.05, 0.1) is 42.1 Å². The molecule has 2 aliphatic heterocycles. The first-order valence-electron chi connectivity index (χ1n) is 15.9. The Morgan fingerprint density at radius 1 is 0.933 bits per heavy atom. The summed E-state index contributed by atoms with van der Waals surface area (Å²) in [5.74, 6) is 1.59. The van der Waals surface area contributed by atoms with Crippen LogP contribution in [0.1, 0.15) is 63.3 Å². The molecule has 2 aromatic heterocycles. The molecule has 0 radical (unpaired) electrons. The number of ether oxygens (including phenoxy) is 1. The molecule has 0 aliphatic carbocycles. The van der Waals surface area contributed by atoms with Gasteiger partial charge in [0.25, 0.3) is 0 Å². The number of nitrogens with zero attached hydrogens (tertiary/aromatic N) is 3. The summed E-state index contributed by atoms with van der Waals surface area (Å²) in [5, 5.41) is 8.55. The Labute approximate surface area is 262 Å². The molecule has 232 valence electrons. The lowest BCUT2D eigenvalue weighted by Gasteiger charge is -2.29. The van der Waals surface area contributed by atoms with Crippen LogP contribution >= 0.6 is 0 Å². The van der Waals surface area contributed by atoms with Gasteiger partial charge in [-0.05, 0) is 84.3 Å². The minimum atomic E-state index is -0.663. The van der Waals surface area contributed by atoms with E-state index in [2.05, 4.69) is 74.1 Å². The van der Waals surface area contributed by atoms with E-state index >= 15 is 0 Å². The van der Waals surface area contributed by atoms with Crippen LogP contribution in [-0.2, 0) is 9.53 Å². The van der Waals surface area contributed by atoms with Gasteiger partial charge >= 0.3 is 6.09 Å². The molecule has 4 heterocycles. The van der Waals surface area contributed by atoms with E-state index in [-0.39, 0.29) is 17.9 Å². The number of amides is 2. The Balaban J connectivity index is 1.11. The number of hydrogen-bond donors (Lipinski definition) is 4. The Bertz CT molecular complexity index is 1870. The number of hydrogen-bond acceptors (Lipinski definition) is 6. The highest BCUT2D eigenvalue weighted by molar-refractivity contribution is 5.92. The molecule has 3 aromatic carbocycles. The molecule has 0 spiro atoms. The number of imidazole rings is 2. The minimum absolute atomic E-state index is 0.0814. The summed E-state index contributed by atoms with van der Waals surface area (Å²) in [4.78, 5) is 43.9. The molecular weight excluding hydrogens is 566 g/mol. The monoisotopic (exact) mass is 605 g/mol. The van der Waals surface area contributed by atoms with Crippen molar-refractivity contribution in [3.63, 3.8) is 0 Å². The number of methoxy groups -OCH3 is 1. The maximum atomic E-state index is 13.5. The first kappa shape index (κ1) is 29.0. The van der Waals surface area contributed by atoms with E-state index in [9.17, 15) is 9.59 Å². The fourth-order valence-corrected chi connectivity index (χ4v) is 6.73. The molecule has 0 saturated carbocycles. The zero-order valence-electron chi connectivity index (χ0n) is 25.9. The van der Waals surface area contributed by atoms with Gasteiger partial charge in [-0.2, -0.15) is 0 Å². The van der Waals surface area contributed by atoms with E-state index in [0.29, 0.717) is 12.6 Å². The SMILES string of the molecule is COC(=O)N[C@H](C(=O)N1CCC[C@H]1c1nc2ccc(-c3ccc4cc(-c5cnc([C@@H]6CCCN6)[nH]5)ccc4c3)cc2[nH]1)C(C)C. The van der Waals surface area contributed by atoms with Crippen molar-refractivity contribution in [2.45, 2.75) is 57.7 Å². The second kappa shape index (κ2) is 12.0. The highest BCUT2D eigenvalue weighted by Crippen LogP contribution is 2.34. The van der Waals surface area contributed by atoms with Crippen molar-refractivity contribution in [3.8, 4) is 22.4 Å². The molecule has 2 amide bonds. The van der Waals surface area contributed by atoms with Crippen molar-refractivity contribution in [1.82, 2.24) is 35.5 Å². The number of aromatic nitrogens is 4. The number of rotatable bonds is 7. The molecule has 2 aliphatic rings. The lowest BCUT2D eigenvalue weighted by molar-refractivity contribution is -0.135. The largest absolute Gasteiger partial charge is 0.453 e. The molecule has 0 unspecified atom stereocenters. The van der Waals surface area contributed by atoms with Crippen LogP contribution < -0.4 is 10.6 Å². The second-order valence-electron chi connectivity index (χ2n) is 12.5. The predicted octanol–water partition coefficient (Wildman–Crippen LogP) is 6.24. The number of carbonyl (C=O) groups excluding carboxylic acids is 2. The van der Waals surface area contributed by atoms with Gasteiger partial charge in [-0.25, -0.2) is 14.8 Å². The number of carbonyl (C=O) groups is 2. The summed E-state index contributed by atoms with van der Waals surface area (Å²) in [6.45, 7) is 5.50. The average molecular weight is 606 g/mol. The molecule has 5 aromatic rings. The Kier molecular flexibility index (Phi) is 7.75. The van der Waals surface area contributed by atoms with Gasteiger partial charge in [0.2, 0.25) is 5.91 Å². The van der Waals surface area contributed by atoms with Crippen LogP contribution in [0.15, 0.2) is 60.8 Å². The quantitative estimate of drug-likeness (QED) is 0.174. The molecule has 10 heteroatoms. The lowest BCUT2D eigenvalue weighted by atomic mass is 9.99. The highest BCUT2D eigenvalue weighted by atomic mass is 16.5. The molecule has 2 saturated heterocycles. The molecule has 10 nitrogen and oxygen atoms in total. The molecule has 2 fully saturated rings. The highest BCUT2D eigenvalue weighted by Gasteiger charge is 2.37. The summed E-state index contributed by atoms with van der Waals surface area (Å²) in [5.41, 5.74) is 6.16. The van der Waals surface area contributed by atoms with E-state index in [4.69, 9.17) is 9.72 Å². The summed E-state index contributed by atoms with van der Waals surface area (Å²) in [7, 11) is 1.30. The van der Waals surface area contributed by atoms with Crippen LogP contribution in [0.25, 0.3) is 44.2 Å². The maximum absolute atomic E-state index is 13.5. The Morgan fingerprint density at radius 3 is 2.44 bits per heavy atom. The lowest BCUT2D eigenvalue weighted by Crippen LogP contribution is -2.51. The molecule has 3 atom stereocenters. The summed E-state index contributed by atoms with van der Waals surface area (Å²) < 4.78 is 4.76. The van der Waals surface area contributed by atoms with Crippen LogP contribution in [0.3, 0.4) is 0 Å². The summed E-state index contributed by atoms with van der Waals surface area (Å²) in [6, 6.07) is 18.8. The third-order valence-electron chi connectivity index (χ3n) is 9.21. The van der Waals surface area contributed by atoms with E-state index in [1.54, 1.807) is 0 Å². The maximum Gasteiger partial charge on any atom is 0.407 e. The Hall–Kier alpha value is -4.70. The number of alkyl carbamates (subject to hydrolysis) is 1. The van der Waals surface area contributed by atoms with Gasteiger partial charge in [0, 0.05) is 12.1 Å². The second-order valence-corrected chi connectivity index (χ2v) is 12.5. The number of nitrogens with one attached hydrogen (secondary N) is 4. The number of likely N-dealkylation sites (tertiary alicyclic amines) is 1. The van der Waals surface area contributed by atoms with Crippen molar-refractivity contribution in [3.05, 3.63) is 72.4 Å². The zero-order valence-corrected chi connectivity index (χ0v) is 25.9. The fraction of sp³-hybridized carbons (Fsp3) is 0.371. The van der Waals surface area contributed by atoms with E-state index in [0.717, 1.165) is 70.9 Å². The smallest absolute Gasteiger partial charge is 0.407 e. The third-order valence-corrected chi connectivity index (χ3v) is 9.21. The number of H-pyrrole nitrogens is 2. The van der Waals surface area contributed by atoms with Crippen LogP contribution in [-0.4, -0.2) is 63.1 Å². The standard InChI is InChI=1S/C35H39N7O3/c1-20(2)31(41-35(44)45-3)34(43)42-15-5-7-30(42)33-38-26-13-12-24(18-28(26)39-33)22-8-9-23-17-25(11-10-21(23)16-22)29-19-37-32(40-29)27-6-4-14-36-27/h8-13,16-20,27,30-31,36H,4-7,14-15H2,1-3H3,(H,37,40)(H,38,39)(H,41,44)/t27-,30-,31-/m0/s1. The normalized spacial score (nSPS) is 19.1. The molecule has 0 bridgehead atoms. The van der Waals surface area contributed by atoms with Crippen LogP contribution in [0, 0.1) is 5.92 Å². The predicted molar refractivity (Wildman–Crippen MR) is 174 cm³/mol. The van der Waals surface area contributed by atoms with Gasteiger partial charge < -0.3 is 30.2 Å². The van der Waals surface area contributed by atoms with Gasteiger partial charge in [-0.3, -0.25) is 4.79 Å². The summed E-state index contributed by atoms with van der Waals surface area (Å²) in [6.07, 6.45) is 5.32. The van der Waals surface area contributed by atoms with E-state index in [1.807, 2.05) is 31.0 Å². The molecular formula is C35H39N7O3. The van der Waals surface area contributed by atoms with Crippen LogP contribution in [0.4, 0.5) is 4.79 Å². The number of benzene rings is 3. The topological polar surface area (TPSA) is 128 Å². The number of aromatic amines is 2. The summed E-state index contributed by atoms with van der Waals surface area (Å²) >= 11 is 0. The third kappa shape index (κ3) is 5.66. The first-order valence-corrected chi connectivity index (χ1v) is 15.9. The number of fused-ring (bicyclic) bond motifs is 2. The molecule has 45 heavy (non-hydrogen) atoms.